The molecule has 4 aromatic rings. The van der Waals surface area contributed by atoms with E-state index in [-0.39, 0.29) is 5.69 Å². The summed E-state index contributed by atoms with van der Waals surface area (Å²) in [6.07, 6.45) is 4.88. The quantitative estimate of drug-likeness (QED) is 0.386. The number of hydrogen-bond donors (Lipinski definition) is 3. The van der Waals surface area contributed by atoms with Crippen molar-refractivity contribution in [2.75, 3.05) is 24.8 Å². The van der Waals surface area contributed by atoms with Crippen LogP contribution in [0.1, 0.15) is 16.1 Å². The van der Waals surface area contributed by atoms with Crippen LogP contribution >= 0.6 is 0 Å². The number of nitrogens with one attached hydrogen (secondary N) is 3. The fourth-order valence-corrected chi connectivity index (χ4v) is 3.08. The van der Waals surface area contributed by atoms with Crippen LogP contribution < -0.4 is 20.7 Å². The van der Waals surface area contributed by atoms with Crippen molar-refractivity contribution in [3.05, 3.63) is 54.2 Å². The highest BCUT2D eigenvalue weighted by atomic mass is 16.5. The summed E-state index contributed by atoms with van der Waals surface area (Å²) >= 11 is 0. The highest BCUT2D eigenvalue weighted by Crippen LogP contribution is 2.35. The summed E-state index contributed by atoms with van der Waals surface area (Å²) in [5.41, 5.74) is 2.14. The molecular weight excluding hydrogens is 424 g/mol. The predicted octanol–water partition coefficient (Wildman–Crippen LogP) is 2.23. The van der Waals surface area contributed by atoms with Crippen molar-refractivity contribution in [3.8, 4) is 17.1 Å². The molecule has 4 rings (SSSR count). The Bertz CT molecular complexity index is 1300. The van der Waals surface area contributed by atoms with Crippen LogP contribution in [0.25, 0.3) is 11.4 Å². The lowest BCUT2D eigenvalue weighted by Gasteiger charge is -2.15. The number of carbonyl (C=O) groups excluding carboxylic acids is 1. The molecule has 0 saturated heterocycles. The number of ether oxygens (including phenoxy) is 1. The number of rotatable bonds is 7. The molecular formula is C21H22N10O2. The molecule has 12 heteroatoms. The summed E-state index contributed by atoms with van der Waals surface area (Å²) in [6, 6.07) is 7.16. The lowest BCUT2D eigenvalue weighted by molar-refractivity contribution is 0.0958. The smallest absolute Gasteiger partial charge is 0.273 e. The van der Waals surface area contributed by atoms with Gasteiger partial charge < -0.3 is 20.7 Å². The van der Waals surface area contributed by atoms with E-state index in [4.69, 9.17) is 4.74 Å². The van der Waals surface area contributed by atoms with Crippen molar-refractivity contribution in [2.45, 2.75) is 6.92 Å². The summed E-state index contributed by atoms with van der Waals surface area (Å²) in [6.45, 7) is 1.96. The largest absolute Gasteiger partial charge is 0.492 e. The summed E-state index contributed by atoms with van der Waals surface area (Å²) in [5, 5.41) is 21.3. The van der Waals surface area contributed by atoms with Crippen LogP contribution in [0.15, 0.2) is 43.0 Å². The molecule has 12 nitrogen and oxygen atoms in total. The van der Waals surface area contributed by atoms with Crippen molar-refractivity contribution in [2.24, 2.45) is 7.05 Å². The van der Waals surface area contributed by atoms with Crippen LogP contribution in [0.3, 0.4) is 0 Å². The van der Waals surface area contributed by atoms with Gasteiger partial charge in [0.25, 0.3) is 5.91 Å². The van der Waals surface area contributed by atoms with Crippen LogP contribution in [0, 0.1) is 6.92 Å². The second-order valence-corrected chi connectivity index (χ2v) is 7.02. The number of carbonyl (C=O) groups is 1. The Kier molecular flexibility index (Phi) is 6.06. The molecule has 3 N–H and O–H groups in total. The molecule has 33 heavy (non-hydrogen) atoms. The van der Waals surface area contributed by atoms with Gasteiger partial charge in [0.15, 0.2) is 28.9 Å². The first-order valence-electron chi connectivity index (χ1n) is 9.94. The van der Waals surface area contributed by atoms with Crippen LogP contribution in [-0.4, -0.2) is 55.0 Å². The fraction of sp³-hybridized carbons (Fsp3) is 0.190. The van der Waals surface area contributed by atoms with E-state index in [1.54, 1.807) is 42.6 Å². The summed E-state index contributed by atoms with van der Waals surface area (Å²) in [4.78, 5) is 25.4. The molecule has 4 heterocycles. The predicted molar refractivity (Wildman–Crippen MR) is 122 cm³/mol. The third-order valence-corrected chi connectivity index (χ3v) is 4.61. The number of amides is 1. The lowest BCUT2D eigenvalue weighted by Crippen LogP contribution is -2.21. The average molecular weight is 446 g/mol. The minimum atomic E-state index is -0.410. The van der Waals surface area contributed by atoms with Crippen molar-refractivity contribution < 1.29 is 9.53 Å². The maximum absolute atomic E-state index is 12.4. The summed E-state index contributed by atoms with van der Waals surface area (Å²) in [7, 11) is 4.82. The molecule has 0 aliphatic carbocycles. The van der Waals surface area contributed by atoms with Crippen LogP contribution in [0.2, 0.25) is 0 Å². The highest BCUT2D eigenvalue weighted by molar-refractivity contribution is 5.98. The fourth-order valence-electron chi connectivity index (χ4n) is 3.08. The zero-order valence-electron chi connectivity index (χ0n) is 18.5. The van der Waals surface area contributed by atoms with E-state index in [0.29, 0.717) is 40.3 Å². The number of nitrogens with zero attached hydrogens (tertiary/aromatic N) is 7. The van der Waals surface area contributed by atoms with Gasteiger partial charge >= 0.3 is 0 Å². The number of anilines is 4. The van der Waals surface area contributed by atoms with Gasteiger partial charge in [0.05, 0.1) is 18.4 Å². The Morgan fingerprint density at radius 1 is 1.03 bits per heavy atom. The summed E-state index contributed by atoms with van der Waals surface area (Å²) < 4.78 is 7.19. The number of aromatic nitrogens is 7. The monoisotopic (exact) mass is 446 g/mol. The van der Waals surface area contributed by atoms with Gasteiger partial charge in [0, 0.05) is 32.6 Å². The van der Waals surface area contributed by atoms with E-state index in [1.165, 1.54) is 14.2 Å². The average Bonchev–Trinajstić information content (AvgIpc) is 3.25. The molecule has 1 amide bonds. The molecule has 0 bridgehead atoms. The van der Waals surface area contributed by atoms with Gasteiger partial charge in [-0.15, -0.1) is 10.2 Å². The second kappa shape index (κ2) is 9.26. The lowest BCUT2D eigenvalue weighted by atomic mass is 10.2. The van der Waals surface area contributed by atoms with Crippen molar-refractivity contribution in [3.63, 3.8) is 0 Å². The standard InChI is InChI=1S/C21H22N10O2/c1-12-5-7-23-15(9-12)27-16-10-14(17(29-28-16)21(32)22-2)26-20-18(33-4)13(6-8-24-20)19-25-11-31(3)30-19/h5-11H,1-4H3,(H,22,32)(H2,23,24,26,27,28). The first-order valence-corrected chi connectivity index (χ1v) is 9.94. The van der Waals surface area contributed by atoms with Gasteiger partial charge in [-0.2, -0.15) is 5.10 Å². The number of methoxy groups -OCH3 is 1. The molecule has 0 radical (unpaired) electrons. The molecule has 0 saturated carbocycles. The Balaban J connectivity index is 1.73. The Morgan fingerprint density at radius 2 is 1.85 bits per heavy atom. The topological polar surface area (TPSA) is 145 Å². The maximum atomic E-state index is 12.4. The maximum Gasteiger partial charge on any atom is 0.273 e. The molecule has 0 unspecified atom stereocenters. The Hall–Kier alpha value is -4.61. The first kappa shape index (κ1) is 21.6. The van der Waals surface area contributed by atoms with Crippen molar-refractivity contribution in [1.29, 1.82) is 0 Å². The van der Waals surface area contributed by atoms with Gasteiger partial charge in [-0.05, 0) is 30.7 Å². The first-order chi connectivity index (χ1) is 16.0. The van der Waals surface area contributed by atoms with E-state index in [2.05, 4.69) is 46.2 Å². The zero-order valence-corrected chi connectivity index (χ0v) is 18.5. The van der Waals surface area contributed by atoms with Crippen molar-refractivity contribution in [1.82, 2.24) is 40.2 Å². The number of hydrogen-bond acceptors (Lipinski definition) is 10. The molecule has 0 aliphatic heterocycles. The molecule has 0 aromatic carbocycles. The van der Waals surface area contributed by atoms with E-state index in [0.717, 1.165) is 5.56 Å². The third kappa shape index (κ3) is 4.69. The third-order valence-electron chi connectivity index (χ3n) is 4.61. The Morgan fingerprint density at radius 3 is 2.55 bits per heavy atom. The van der Waals surface area contributed by atoms with Crippen LogP contribution in [0.5, 0.6) is 5.75 Å². The highest BCUT2D eigenvalue weighted by Gasteiger charge is 2.20. The van der Waals surface area contributed by atoms with E-state index >= 15 is 0 Å². The van der Waals surface area contributed by atoms with Gasteiger partial charge in [0.2, 0.25) is 0 Å². The molecule has 0 spiro atoms. The molecule has 0 aliphatic rings. The minimum absolute atomic E-state index is 0.0884. The van der Waals surface area contributed by atoms with Crippen LogP contribution in [0.4, 0.5) is 23.1 Å². The van der Waals surface area contributed by atoms with Crippen molar-refractivity contribution >= 4 is 29.0 Å². The molecule has 0 fully saturated rings. The van der Waals surface area contributed by atoms with Gasteiger partial charge in [-0.1, -0.05) is 0 Å². The normalized spacial score (nSPS) is 10.5. The van der Waals surface area contributed by atoms with E-state index < -0.39 is 5.91 Å². The Labute approximate surface area is 189 Å². The SMILES string of the molecule is CNC(=O)c1nnc(Nc2cc(C)ccn2)cc1Nc1nccc(-c2ncn(C)n2)c1OC. The van der Waals surface area contributed by atoms with Gasteiger partial charge in [-0.25, -0.2) is 15.0 Å². The van der Waals surface area contributed by atoms with E-state index in [9.17, 15) is 4.79 Å². The molecule has 0 atom stereocenters. The summed E-state index contributed by atoms with van der Waals surface area (Å²) in [5.74, 6) is 1.84. The van der Waals surface area contributed by atoms with Crippen LogP contribution in [-0.2, 0) is 7.05 Å². The van der Waals surface area contributed by atoms with Gasteiger partial charge in [0.1, 0.15) is 12.1 Å². The zero-order chi connectivity index (χ0) is 23.4. The minimum Gasteiger partial charge on any atom is -0.492 e. The van der Waals surface area contributed by atoms with Gasteiger partial charge in [-0.3, -0.25) is 9.48 Å². The second-order valence-electron chi connectivity index (χ2n) is 7.02. The van der Waals surface area contributed by atoms with E-state index in [1.807, 2.05) is 19.1 Å². The number of pyridine rings is 2. The number of aryl methyl sites for hydroxylation is 2. The molecule has 168 valence electrons. The molecule has 4 aromatic heterocycles.